The zero-order chi connectivity index (χ0) is 24.6. The van der Waals surface area contributed by atoms with Gasteiger partial charge in [-0.1, -0.05) is 48.5 Å². The van der Waals surface area contributed by atoms with E-state index in [1.54, 1.807) is 19.2 Å². The minimum Gasteiger partial charge on any atom is -0.493 e. The smallest absolute Gasteiger partial charge is 0.165 e. The maximum atomic E-state index is 9.16. The highest BCUT2D eigenvalue weighted by Gasteiger charge is 2.34. The van der Waals surface area contributed by atoms with Crippen molar-refractivity contribution in [2.24, 2.45) is 5.84 Å². The molecule has 2 aromatic carbocycles. The van der Waals surface area contributed by atoms with Gasteiger partial charge in [-0.2, -0.15) is 0 Å². The van der Waals surface area contributed by atoms with Crippen LogP contribution in [0.3, 0.4) is 0 Å². The number of pyridine rings is 1. The van der Waals surface area contributed by atoms with E-state index in [0.717, 1.165) is 37.9 Å². The Labute approximate surface area is 208 Å². The molecule has 1 unspecified atom stereocenters. The third kappa shape index (κ3) is 5.81. The van der Waals surface area contributed by atoms with Crippen molar-refractivity contribution in [3.63, 3.8) is 0 Å². The van der Waals surface area contributed by atoms with E-state index in [1.165, 1.54) is 11.1 Å². The van der Waals surface area contributed by atoms with Crippen LogP contribution in [0.2, 0.25) is 0 Å². The number of nitrogens with one attached hydrogen (secondary N) is 1. The molecule has 4 rings (SSSR count). The molecule has 0 saturated carbocycles. The van der Waals surface area contributed by atoms with Crippen LogP contribution in [-0.4, -0.2) is 54.6 Å². The number of ether oxygens (including phenoxy) is 2. The third-order valence-corrected chi connectivity index (χ3v) is 6.83. The summed E-state index contributed by atoms with van der Waals surface area (Å²) in [5.41, 5.74) is 3.37. The molecule has 3 N–H and O–H groups in total. The second-order valence-electron chi connectivity index (χ2n) is 8.90. The predicted molar refractivity (Wildman–Crippen MR) is 139 cm³/mol. The number of amidine groups is 1. The molecule has 7 nitrogen and oxygen atoms in total. The molecular weight excluding hydrogens is 438 g/mol. The zero-order valence-electron chi connectivity index (χ0n) is 20.6. The number of hydrazine groups is 1. The van der Waals surface area contributed by atoms with E-state index in [2.05, 4.69) is 28.1 Å². The first kappa shape index (κ1) is 24.7. The first-order chi connectivity index (χ1) is 17.1. The van der Waals surface area contributed by atoms with Crippen molar-refractivity contribution in [1.29, 1.82) is 5.41 Å². The van der Waals surface area contributed by atoms with E-state index in [4.69, 9.17) is 20.7 Å². The summed E-state index contributed by atoms with van der Waals surface area (Å²) in [6, 6.07) is 19.9. The minimum absolute atomic E-state index is 0.337. The Kier molecular flexibility index (Phi) is 8.34. The van der Waals surface area contributed by atoms with Gasteiger partial charge in [0.1, 0.15) is 5.84 Å². The molecule has 0 spiro atoms. The van der Waals surface area contributed by atoms with Crippen LogP contribution in [0.25, 0.3) is 0 Å². The van der Waals surface area contributed by atoms with Crippen LogP contribution in [0.1, 0.15) is 41.5 Å². The van der Waals surface area contributed by atoms with Gasteiger partial charge in [0.2, 0.25) is 0 Å². The normalized spacial score (nSPS) is 15.4. The second-order valence-corrected chi connectivity index (χ2v) is 8.90. The van der Waals surface area contributed by atoms with Crippen molar-refractivity contribution >= 4 is 5.84 Å². The number of methoxy groups -OCH3 is 2. The van der Waals surface area contributed by atoms with E-state index in [0.29, 0.717) is 29.8 Å². The third-order valence-electron chi connectivity index (χ3n) is 6.83. The number of hydrogen-bond acceptors (Lipinski definition) is 6. The number of nitrogens with two attached hydrogens (primary N) is 1. The average Bonchev–Trinajstić information content (AvgIpc) is 2.93. The number of hydrogen-bond donors (Lipinski definition) is 2. The predicted octanol–water partition coefficient (Wildman–Crippen LogP) is 4.42. The Morgan fingerprint density at radius 3 is 2.49 bits per heavy atom. The van der Waals surface area contributed by atoms with Gasteiger partial charge in [-0.05, 0) is 61.5 Å². The number of nitrogens with zero attached hydrogens (tertiary/aromatic N) is 3. The molecule has 1 atom stereocenters. The van der Waals surface area contributed by atoms with Gasteiger partial charge in [-0.15, -0.1) is 0 Å². The summed E-state index contributed by atoms with van der Waals surface area (Å²) in [4.78, 5) is 6.64. The van der Waals surface area contributed by atoms with Crippen LogP contribution in [0, 0.1) is 5.41 Å². The summed E-state index contributed by atoms with van der Waals surface area (Å²) < 4.78 is 11.3. The maximum absolute atomic E-state index is 9.16. The number of piperidine rings is 1. The van der Waals surface area contributed by atoms with Crippen LogP contribution < -0.4 is 15.3 Å². The van der Waals surface area contributed by atoms with Crippen molar-refractivity contribution in [3.8, 4) is 11.5 Å². The number of rotatable bonds is 9. The molecular formula is C28H35N5O2. The Morgan fingerprint density at radius 2 is 1.83 bits per heavy atom. The molecule has 0 amide bonds. The summed E-state index contributed by atoms with van der Waals surface area (Å²) in [6.07, 6.45) is 6.55. The largest absolute Gasteiger partial charge is 0.493 e. The Hall–Kier alpha value is -3.42. The van der Waals surface area contributed by atoms with Gasteiger partial charge >= 0.3 is 0 Å². The minimum atomic E-state index is -0.337. The highest BCUT2D eigenvalue weighted by atomic mass is 16.5. The molecule has 1 fully saturated rings. The molecule has 0 radical (unpaired) electrons. The van der Waals surface area contributed by atoms with Crippen molar-refractivity contribution in [2.75, 3.05) is 33.9 Å². The summed E-state index contributed by atoms with van der Waals surface area (Å²) >= 11 is 0. The molecule has 1 aromatic heterocycles. The number of aromatic nitrogens is 1. The van der Waals surface area contributed by atoms with E-state index in [1.807, 2.05) is 54.9 Å². The van der Waals surface area contributed by atoms with Gasteiger partial charge in [0, 0.05) is 24.5 Å². The number of para-hydroxylation sites is 1. The van der Waals surface area contributed by atoms with Crippen LogP contribution in [-0.2, 0) is 6.42 Å². The second kappa shape index (κ2) is 11.8. The molecule has 0 bridgehead atoms. The molecule has 184 valence electrons. The van der Waals surface area contributed by atoms with E-state index in [-0.39, 0.29) is 6.04 Å². The molecule has 0 aliphatic carbocycles. The fourth-order valence-corrected chi connectivity index (χ4v) is 4.92. The fourth-order valence-electron chi connectivity index (χ4n) is 4.92. The molecule has 7 heteroatoms. The van der Waals surface area contributed by atoms with E-state index in [9.17, 15) is 0 Å². The molecule has 1 saturated heterocycles. The summed E-state index contributed by atoms with van der Waals surface area (Å²) in [6.45, 7) is 2.25. The summed E-state index contributed by atoms with van der Waals surface area (Å²) in [5.74, 6) is 8.62. The van der Waals surface area contributed by atoms with Gasteiger partial charge in [0.05, 0.1) is 20.3 Å². The topological polar surface area (TPSA) is 87.7 Å². The highest BCUT2D eigenvalue weighted by Crippen LogP contribution is 2.40. The standard InChI is InChI=1S/C28H35N5O2/c1-34-25-12-6-11-24(27(25)35-2)26(28(29)33(30)19-13-21-8-4-3-5-9-21)32-17-14-22(15-18-32)23-10-7-16-31-20-23/h3-12,16,20,22,26,29H,13-15,17-19,30H2,1-2H3. The van der Waals surface area contributed by atoms with Crippen molar-refractivity contribution in [2.45, 2.75) is 31.2 Å². The zero-order valence-corrected chi connectivity index (χ0v) is 20.6. The molecule has 35 heavy (non-hydrogen) atoms. The van der Waals surface area contributed by atoms with Gasteiger partial charge < -0.3 is 9.47 Å². The Bertz CT molecular complexity index is 1090. The van der Waals surface area contributed by atoms with Crippen molar-refractivity contribution in [1.82, 2.24) is 14.9 Å². The van der Waals surface area contributed by atoms with E-state index >= 15 is 0 Å². The number of benzene rings is 2. The average molecular weight is 474 g/mol. The van der Waals surface area contributed by atoms with Crippen molar-refractivity contribution < 1.29 is 9.47 Å². The molecule has 2 heterocycles. The van der Waals surface area contributed by atoms with Gasteiger partial charge in [-0.25, -0.2) is 5.84 Å². The lowest BCUT2D eigenvalue weighted by Gasteiger charge is -2.40. The van der Waals surface area contributed by atoms with Crippen LogP contribution >= 0.6 is 0 Å². The van der Waals surface area contributed by atoms with Gasteiger partial charge in [0.15, 0.2) is 11.5 Å². The molecule has 1 aliphatic heterocycles. The SMILES string of the molecule is COc1cccc(C(C(=N)N(N)CCc2ccccc2)N2CCC(c3cccnc3)CC2)c1OC. The fraction of sp³-hybridized carbons (Fsp3) is 0.357. The maximum Gasteiger partial charge on any atom is 0.165 e. The molecule has 3 aromatic rings. The molecule has 1 aliphatic rings. The lowest BCUT2D eigenvalue weighted by atomic mass is 9.88. The highest BCUT2D eigenvalue weighted by molar-refractivity contribution is 5.86. The van der Waals surface area contributed by atoms with E-state index < -0.39 is 0 Å². The van der Waals surface area contributed by atoms with Crippen molar-refractivity contribution in [3.05, 3.63) is 89.7 Å². The first-order valence-corrected chi connectivity index (χ1v) is 12.1. The Balaban J connectivity index is 1.57. The number of likely N-dealkylation sites (tertiary alicyclic amines) is 1. The van der Waals surface area contributed by atoms with Crippen LogP contribution in [0.5, 0.6) is 11.5 Å². The lowest BCUT2D eigenvalue weighted by Crippen LogP contribution is -2.48. The van der Waals surface area contributed by atoms with Crippen LogP contribution in [0.15, 0.2) is 73.1 Å². The summed E-state index contributed by atoms with van der Waals surface area (Å²) in [5, 5.41) is 10.7. The lowest BCUT2D eigenvalue weighted by molar-refractivity contribution is 0.174. The Morgan fingerprint density at radius 1 is 1.06 bits per heavy atom. The summed E-state index contributed by atoms with van der Waals surface area (Å²) in [7, 11) is 3.28. The van der Waals surface area contributed by atoms with Gasteiger partial charge in [-0.3, -0.25) is 20.3 Å². The quantitative estimate of drug-likeness (QED) is 0.207. The monoisotopic (exact) mass is 473 g/mol. The van der Waals surface area contributed by atoms with Crippen LogP contribution in [0.4, 0.5) is 0 Å². The van der Waals surface area contributed by atoms with Gasteiger partial charge in [0.25, 0.3) is 0 Å². The first-order valence-electron chi connectivity index (χ1n) is 12.1.